The fourth-order valence-corrected chi connectivity index (χ4v) is 2.15. The summed E-state index contributed by atoms with van der Waals surface area (Å²) >= 11 is 1.38. The highest BCUT2D eigenvalue weighted by Crippen LogP contribution is 2.29. The van der Waals surface area contributed by atoms with Crippen LogP contribution in [0.4, 0.5) is 13.2 Å². The van der Waals surface area contributed by atoms with Crippen LogP contribution in [0.15, 0.2) is 23.4 Å². The molecule has 1 aromatic heterocycles. The number of nitrogens with zero attached hydrogens (tertiary/aromatic N) is 1. The molecule has 0 spiro atoms. The van der Waals surface area contributed by atoms with Gasteiger partial charge in [0.15, 0.2) is 0 Å². The normalized spacial score (nSPS) is 15.3. The molecule has 0 aromatic carbocycles. The molecule has 1 rings (SSSR count). The number of thioether (sulfide) groups is 1. The number of rotatable bonds is 6. The van der Waals surface area contributed by atoms with E-state index >= 15 is 0 Å². The van der Waals surface area contributed by atoms with Crippen molar-refractivity contribution in [3.05, 3.63) is 23.9 Å². The first kappa shape index (κ1) is 16.3. The number of pyridine rings is 1. The molecular weight excluding hydrogens is 277 g/mol. The summed E-state index contributed by atoms with van der Waals surface area (Å²) in [4.78, 5) is 3.76. The van der Waals surface area contributed by atoms with Gasteiger partial charge in [-0.25, -0.2) is 4.98 Å². The van der Waals surface area contributed by atoms with E-state index in [-0.39, 0.29) is 6.61 Å². The van der Waals surface area contributed by atoms with Crippen molar-refractivity contribution in [1.82, 2.24) is 4.98 Å². The maximum atomic E-state index is 12.3. The maximum absolute atomic E-state index is 12.3. The Hall–Kier alpha value is -0.790. The monoisotopic (exact) mass is 294 g/mol. The van der Waals surface area contributed by atoms with E-state index in [1.807, 2.05) is 0 Å². The van der Waals surface area contributed by atoms with E-state index in [9.17, 15) is 13.2 Å². The summed E-state index contributed by atoms with van der Waals surface area (Å²) < 4.78 is 36.9. The fourth-order valence-electron chi connectivity index (χ4n) is 1.37. The minimum Gasteiger partial charge on any atom is -0.394 e. The van der Waals surface area contributed by atoms with Crippen LogP contribution in [0.2, 0.25) is 0 Å². The molecule has 0 aliphatic rings. The Morgan fingerprint density at radius 3 is 2.53 bits per heavy atom. The Morgan fingerprint density at radius 2 is 2.05 bits per heavy atom. The average molecular weight is 294 g/mol. The predicted octanol–water partition coefficient (Wildman–Crippen LogP) is 2.68. The number of hydrogen-bond donors (Lipinski definition) is 2. The molecule has 0 radical (unpaired) electrons. The van der Waals surface area contributed by atoms with Crippen molar-refractivity contribution >= 4 is 11.8 Å². The molecule has 1 aromatic rings. The van der Waals surface area contributed by atoms with E-state index in [2.05, 4.69) is 4.98 Å². The Bertz CT molecular complexity index is 393. The van der Waals surface area contributed by atoms with Gasteiger partial charge in [0.05, 0.1) is 17.2 Å². The molecule has 3 nitrogen and oxygen atoms in total. The molecule has 1 unspecified atom stereocenters. The summed E-state index contributed by atoms with van der Waals surface area (Å²) in [6.45, 7) is 1.67. The average Bonchev–Trinajstić information content (AvgIpc) is 2.34. The summed E-state index contributed by atoms with van der Waals surface area (Å²) in [5.41, 5.74) is 4.42. The number of aliphatic hydroxyl groups excluding tert-OH is 1. The van der Waals surface area contributed by atoms with Gasteiger partial charge in [0, 0.05) is 11.7 Å². The Balaban J connectivity index is 2.39. The van der Waals surface area contributed by atoms with Crippen molar-refractivity contribution in [2.45, 2.75) is 36.5 Å². The Labute approximate surface area is 114 Å². The Kier molecular flexibility index (Phi) is 5.64. The van der Waals surface area contributed by atoms with E-state index < -0.39 is 17.3 Å². The summed E-state index contributed by atoms with van der Waals surface area (Å²) in [6.07, 6.45) is -2.10. The van der Waals surface area contributed by atoms with Gasteiger partial charge in [-0.1, -0.05) is 0 Å². The van der Waals surface area contributed by atoms with Gasteiger partial charge < -0.3 is 10.8 Å². The quantitative estimate of drug-likeness (QED) is 0.625. The molecule has 1 heterocycles. The molecule has 1 atom stereocenters. The van der Waals surface area contributed by atoms with E-state index in [4.69, 9.17) is 10.8 Å². The smallest absolute Gasteiger partial charge is 0.394 e. The van der Waals surface area contributed by atoms with Crippen LogP contribution in [0.3, 0.4) is 0 Å². The third-order valence-electron chi connectivity index (χ3n) is 2.57. The Morgan fingerprint density at radius 1 is 1.37 bits per heavy atom. The molecule has 108 valence electrons. The molecule has 0 saturated heterocycles. The highest BCUT2D eigenvalue weighted by Gasteiger charge is 2.30. The van der Waals surface area contributed by atoms with Crippen LogP contribution in [-0.2, 0) is 6.18 Å². The highest BCUT2D eigenvalue weighted by molar-refractivity contribution is 7.99. The van der Waals surface area contributed by atoms with Crippen LogP contribution >= 0.6 is 11.8 Å². The second kappa shape index (κ2) is 6.58. The van der Waals surface area contributed by atoms with Crippen molar-refractivity contribution in [3.8, 4) is 0 Å². The molecule has 0 saturated carbocycles. The minimum atomic E-state index is -4.35. The molecule has 19 heavy (non-hydrogen) atoms. The van der Waals surface area contributed by atoms with Gasteiger partial charge in [-0.3, -0.25) is 0 Å². The lowest BCUT2D eigenvalue weighted by Crippen LogP contribution is -2.40. The van der Waals surface area contributed by atoms with Crippen LogP contribution in [-0.4, -0.2) is 28.0 Å². The number of aliphatic hydroxyl groups is 1. The number of aromatic nitrogens is 1. The summed E-state index contributed by atoms with van der Waals surface area (Å²) in [6, 6.07) is 2.39. The van der Waals surface area contributed by atoms with Gasteiger partial charge in [-0.15, -0.1) is 11.8 Å². The highest BCUT2D eigenvalue weighted by atomic mass is 32.2. The van der Waals surface area contributed by atoms with Crippen LogP contribution in [0, 0.1) is 0 Å². The predicted molar refractivity (Wildman–Crippen MR) is 68.9 cm³/mol. The fraction of sp³-hybridized carbons (Fsp3) is 0.583. The molecule has 0 bridgehead atoms. The third kappa shape index (κ3) is 5.80. The van der Waals surface area contributed by atoms with E-state index in [0.717, 1.165) is 18.7 Å². The van der Waals surface area contributed by atoms with Crippen molar-refractivity contribution < 1.29 is 18.3 Å². The number of alkyl halides is 3. The zero-order chi connectivity index (χ0) is 14.5. The third-order valence-corrected chi connectivity index (χ3v) is 3.60. The van der Waals surface area contributed by atoms with Crippen molar-refractivity contribution in [1.29, 1.82) is 0 Å². The second-order valence-corrected chi connectivity index (χ2v) is 5.76. The lowest BCUT2D eigenvalue weighted by Gasteiger charge is -2.20. The summed E-state index contributed by atoms with van der Waals surface area (Å²) in [7, 11) is 0. The van der Waals surface area contributed by atoms with Crippen molar-refractivity contribution in [3.63, 3.8) is 0 Å². The van der Waals surface area contributed by atoms with Gasteiger partial charge in [-0.2, -0.15) is 13.2 Å². The van der Waals surface area contributed by atoms with Crippen LogP contribution < -0.4 is 5.73 Å². The largest absolute Gasteiger partial charge is 0.417 e. The topological polar surface area (TPSA) is 59.1 Å². The second-order valence-electron chi connectivity index (χ2n) is 4.65. The van der Waals surface area contributed by atoms with E-state index in [1.165, 1.54) is 17.8 Å². The number of nitrogens with two attached hydrogens (primary N) is 1. The molecule has 0 fully saturated rings. The van der Waals surface area contributed by atoms with Crippen LogP contribution in [0.1, 0.15) is 25.3 Å². The summed E-state index contributed by atoms with van der Waals surface area (Å²) in [5, 5.41) is 9.52. The van der Waals surface area contributed by atoms with Crippen molar-refractivity contribution in [2.24, 2.45) is 5.73 Å². The van der Waals surface area contributed by atoms with Crippen molar-refractivity contribution in [2.75, 3.05) is 12.4 Å². The van der Waals surface area contributed by atoms with Crippen LogP contribution in [0.25, 0.3) is 0 Å². The lowest BCUT2D eigenvalue weighted by molar-refractivity contribution is -0.137. The van der Waals surface area contributed by atoms with Gasteiger partial charge in [0.2, 0.25) is 0 Å². The molecule has 0 aliphatic carbocycles. The molecule has 7 heteroatoms. The van der Waals surface area contributed by atoms with E-state index in [0.29, 0.717) is 17.2 Å². The van der Waals surface area contributed by atoms with Crippen LogP contribution in [0.5, 0.6) is 0 Å². The van der Waals surface area contributed by atoms with E-state index in [1.54, 1.807) is 6.92 Å². The first-order valence-corrected chi connectivity index (χ1v) is 6.79. The lowest BCUT2D eigenvalue weighted by atomic mass is 9.99. The SMILES string of the molecule is CC(N)(CO)CCCSc1ccc(C(F)(F)F)cn1. The maximum Gasteiger partial charge on any atom is 0.417 e. The van der Waals surface area contributed by atoms with Gasteiger partial charge in [0.25, 0.3) is 0 Å². The summed E-state index contributed by atoms with van der Waals surface area (Å²) in [5.74, 6) is 0.700. The number of hydrogen-bond acceptors (Lipinski definition) is 4. The zero-order valence-electron chi connectivity index (χ0n) is 10.6. The first-order valence-electron chi connectivity index (χ1n) is 5.80. The van der Waals surface area contributed by atoms with Gasteiger partial charge in [-0.05, 0) is 37.7 Å². The zero-order valence-corrected chi connectivity index (χ0v) is 11.4. The molecule has 0 aliphatic heterocycles. The first-order chi connectivity index (χ1) is 8.74. The minimum absolute atomic E-state index is 0.0871. The standard InChI is InChI=1S/C12H17F3N2OS/c1-11(16,8-18)5-2-6-19-10-4-3-9(7-17-10)12(13,14)15/h3-4,7,18H,2,5-6,8,16H2,1H3. The molecule has 0 amide bonds. The van der Waals surface area contributed by atoms with Gasteiger partial charge >= 0.3 is 6.18 Å². The molecule has 3 N–H and O–H groups in total. The number of halogens is 3. The molecular formula is C12H17F3N2OS. The van der Waals surface area contributed by atoms with Gasteiger partial charge in [0.1, 0.15) is 0 Å².